The van der Waals surface area contributed by atoms with Crippen LogP contribution in [0.4, 0.5) is 11.4 Å². The van der Waals surface area contributed by atoms with Gasteiger partial charge in [-0.05, 0) is 59.1 Å². The normalized spacial score (nSPS) is 22.7. The van der Waals surface area contributed by atoms with Crippen molar-refractivity contribution in [1.82, 2.24) is 0 Å². The predicted octanol–water partition coefficient (Wildman–Crippen LogP) is 5.26. The fourth-order valence-corrected chi connectivity index (χ4v) is 4.49. The fraction of sp³-hybridized carbons (Fsp3) is 0.444. The first-order valence-corrected chi connectivity index (χ1v) is 11.5. The number of carbonyl (C=O) groups excluding carboxylic acids is 2. The summed E-state index contributed by atoms with van der Waals surface area (Å²) in [6, 6.07) is 14.8. The van der Waals surface area contributed by atoms with Gasteiger partial charge >= 0.3 is 5.97 Å². The second-order valence-electron chi connectivity index (χ2n) is 10.9. The Balaban J connectivity index is 1.44. The van der Waals surface area contributed by atoms with Crippen LogP contribution in [0.5, 0.6) is 0 Å². The lowest BCUT2D eigenvalue weighted by Crippen LogP contribution is -2.17. The van der Waals surface area contributed by atoms with Crippen molar-refractivity contribution in [3.8, 4) is 0 Å². The van der Waals surface area contributed by atoms with Crippen molar-refractivity contribution in [2.24, 2.45) is 22.7 Å². The molecule has 0 aliphatic heterocycles. The van der Waals surface area contributed by atoms with E-state index in [4.69, 9.17) is 0 Å². The second-order valence-corrected chi connectivity index (χ2v) is 10.9. The molecule has 33 heavy (non-hydrogen) atoms. The van der Waals surface area contributed by atoms with Gasteiger partial charge in [0, 0.05) is 29.1 Å². The summed E-state index contributed by atoms with van der Waals surface area (Å²) in [7, 11) is 0. The van der Waals surface area contributed by atoms with Crippen molar-refractivity contribution >= 4 is 29.2 Å². The number of hydrogen-bond acceptors (Lipinski definition) is 3. The molecule has 0 spiro atoms. The molecule has 0 aromatic heterocycles. The van der Waals surface area contributed by atoms with Crippen LogP contribution in [0.1, 0.15) is 64.0 Å². The van der Waals surface area contributed by atoms with Gasteiger partial charge in [0.15, 0.2) is 0 Å². The van der Waals surface area contributed by atoms with Crippen molar-refractivity contribution in [2.45, 2.75) is 52.9 Å². The average molecular weight is 449 g/mol. The number of anilines is 2. The van der Waals surface area contributed by atoms with Gasteiger partial charge in [0.2, 0.25) is 11.8 Å². The molecule has 6 heteroatoms. The Morgan fingerprint density at radius 3 is 1.39 bits per heavy atom. The lowest BCUT2D eigenvalue weighted by atomic mass is 9.88. The maximum absolute atomic E-state index is 12.3. The van der Waals surface area contributed by atoms with Crippen LogP contribution in [-0.2, 0) is 14.4 Å². The second kappa shape index (κ2) is 8.32. The van der Waals surface area contributed by atoms with Gasteiger partial charge in [0.25, 0.3) is 0 Å². The highest BCUT2D eigenvalue weighted by Gasteiger charge is 2.51. The first-order chi connectivity index (χ1) is 15.5. The molecule has 2 atom stereocenters. The highest BCUT2D eigenvalue weighted by molar-refractivity contribution is 5.95. The largest absolute Gasteiger partial charge is 0.481 e. The molecule has 2 aliphatic rings. The van der Waals surface area contributed by atoms with E-state index in [1.54, 1.807) is 0 Å². The summed E-state index contributed by atoms with van der Waals surface area (Å²) in [6.07, 6.45) is 1.74. The van der Waals surface area contributed by atoms with E-state index in [1.165, 1.54) is 0 Å². The molecule has 4 rings (SSSR count). The molecule has 174 valence electrons. The highest BCUT2D eigenvalue weighted by atomic mass is 16.4. The van der Waals surface area contributed by atoms with E-state index in [-0.39, 0.29) is 46.8 Å². The van der Waals surface area contributed by atoms with E-state index in [0.717, 1.165) is 24.0 Å². The van der Waals surface area contributed by atoms with E-state index < -0.39 is 5.97 Å². The first kappa shape index (κ1) is 23.0. The maximum atomic E-state index is 12.3. The molecular weight excluding hydrogens is 416 g/mol. The quantitative estimate of drug-likeness (QED) is 0.513. The van der Waals surface area contributed by atoms with Crippen molar-refractivity contribution in [3.63, 3.8) is 0 Å². The summed E-state index contributed by atoms with van der Waals surface area (Å²) in [5, 5.41) is 15.4. The van der Waals surface area contributed by atoms with Gasteiger partial charge in [-0.3, -0.25) is 14.4 Å². The number of amides is 2. The zero-order valence-corrected chi connectivity index (χ0v) is 19.6. The van der Waals surface area contributed by atoms with Crippen molar-refractivity contribution < 1.29 is 19.5 Å². The Bertz CT molecular complexity index is 991. The van der Waals surface area contributed by atoms with Gasteiger partial charge in [0.1, 0.15) is 0 Å². The molecule has 2 aromatic rings. The van der Waals surface area contributed by atoms with Gasteiger partial charge in [-0.25, -0.2) is 0 Å². The van der Waals surface area contributed by atoms with E-state index in [1.807, 2.05) is 48.5 Å². The summed E-state index contributed by atoms with van der Waals surface area (Å²) in [5.74, 6) is -1.07. The van der Waals surface area contributed by atoms with Crippen LogP contribution in [0.15, 0.2) is 48.5 Å². The number of hydrogen-bond donors (Lipinski definition) is 3. The summed E-state index contributed by atoms with van der Waals surface area (Å²) in [5.41, 5.74) is 3.27. The molecule has 2 fully saturated rings. The molecule has 2 saturated carbocycles. The monoisotopic (exact) mass is 448 g/mol. The Hall–Kier alpha value is -3.15. The van der Waals surface area contributed by atoms with E-state index >= 15 is 0 Å². The highest BCUT2D eigenvalue weighted by Crippen LogP contribution is 2.52. The molecule has 3 N–H and O–H groups in total. The standard InChI is InChI=1S/C27H32N2O4/c1-26(2)14-21(26)24(32)28-18-9-5-16(6-10-18)20(13-23(30)31)17-7-11-19(12-8-17)29-25(33)22-15-27(22,3)4/h5-12,20-22H,13-15H2,1-4H3,(H,28,32)(H,29,33)(H,30,31). The van der Waals surface area contributed by atoms with Crippen LogP contribution in [0.3, 0.4) is 0 Å². The number of carboxylic acids is 1. The summed E-state index contributed by atoms with van der Waals surface area (Å²) in [6.45, 7) is 8.33. The lowest BCUT2D eigenvalue weighted by Gasteiger charge is -2.17. The Morgan fingerprint density at radius 1 is 0.788 bits per heavy atom. The van der Waals surface area contributed by atoms with Crippen LogP contribution in [-0.4, -0.2) is 22.9 Å². The van der Waals surface area contributed by atoms with Gasteiger partial charge in [-0.2, -0.15) is 0 Å². The molecular formula is C27H32N2O4. The third-order valence-electron chi connectivity index (χ3n) is 7.20. The molecule has 0 radical (unpaired) electrons. The van der Waals surface area contributed by atoms with Crippen LogP contribution in [0, 0.1) is 22.7 Å². The zero-order valence-electron chi connectivity index (χ0n) is 19.6. The topological polar surface area (TPSA) is 95.5 Å². The average Bonchev–Trinajstić information content (AvgIpc) is 3.60. The third-order valence-corrected chi connectivity index (χ3v) is 7.20. The molecule has 2 unspecified atom stereocenters. The maximum Gasteiger partial charge on any atom is 0.304 e. The predicted molar refractivity (Wildman–Crippen MR) is 128 cm³/mol. The first-order valence-electron chi connectivity index (χ1n) is 11.5. The number of benzene rings is 2. The number of carbonyl (C=O) groups is 3. The van der Waals surface area contributed by atoms with Crippen LogP contribution >= 0.6 is 0 Å². The van der Waals surface area contributed by atoms with Crippen molar-refractivity contribution in [3.05, 3.63) is 59.7 Å². The molecule has 6 nitrogen and oxygen atoms in total. The zero-order chi connectivity index (χ0) is 24.0. The minimum Gasteiger partial charge on any atom is -0.481 e. The smallest absolute Gasteiger partial charge is 0.304 e. The molecule has 2 aromatic carbocycles. The summed E-state index contributed by atoms with van der Waals surface area (Å²) in [4.78, 5) is 36.2. The summed E-state index contributed by atoms with van der Waals surface area (Å²) >= 11 is 0. The molecule has 0 heterocycles. The van der Waals surface area contributed by atoms with E-state index in [2.05, 4.69) is 38.3 Å². The van der Waals surface area contributed by atoms with Crippen LogP contribution in [0.25, 0.3) is 0 Å². The van der Waals surface area contributed by atoms with Gasteiger partial charge in [-0.1, -0.05) is 52.0 Å². The molecule has 0 bridgehead atoms. The van der Waals surface area contributed by atoms with Gasteiger partial charge in [0.05, 0.1) is 6.42 Å². The molecule has 0 saturated heterocycles. The fourth-order valence-electron chi connectivity index (χ4n) is 4.49. The third kappa shape index (κ3) is 5.27. The van der Waals surface area contributed by atoms with Crippen molar-refractivity contribution in [1.29, 1.82) is 0 Å². The minimum absolute atomic E-state index is 0.0297. The minimum atomic E-state index is -0.887. The molecule has 2 aliphatic carbocycles. The Morgan fingerprint density at radius 2 is 1.12 bits per heavy atom. The summed E-state index contributed by atoms with van der Waals surface area (Å²) < 4.78 is 0. The Labute approximate surface area is 194 Å². The number of aliphatic carboxylic acids is 1. The number of carboxylic acid groups (broad SMARTS) is 1. The van der Waals surface area contributed by atoms with Gasteiger partial charge < -0.3 is 15.7 Å². The van der Waals surface area contributed by atoms with Crippen LogP contribution in [0.2, 0.25) is 0 Å². The lowest BCUT2D eigenvalue weighted by molar-refractivity contribution is -0.137. The molecule has 2 amide bonds. The number of rotatable bonds is 8. The SMILES string of the molecule is CC1(C)CC1C(=O)Nc1ccc(C(CC(=O)O)c2ccc(NC(=O)C3CC3(C)C)cc2)cc1. The Kier molecular flexibility index (Phi) is 5.81. The van der Waals surface area contributed by atoms with Crippen molar-refractivity contribution in [2.75, 3.05) is 10.6 Å². The van der Waals surface area contributed by atoms with E-state index in [0.29, 0.717) is 11.4 Å². The van der Waals surface area contributed by atoms with Crippen LogP contribution < -0.4 is 10.6 Å². The van der Waals surface area contributed by atoms with Gasteiger partial charge in [-0.15, -0.1) is 0 Å². The van der Waals surface area contributed by atoms with E-state index in [9.17, 15) is 19.5 Å². The number of nitrogens with one attached hydrogen (secondary N) is 2.